The van der Waals surface area contributed by atoms with E-state index in [1.165, 1.54) is 16.9 Å². The maximum absolute atomic E-state index is 11.4. The highest BCUT2D eigenvalue weighted by molar-refractivity contribution is 7.15. The second-order valence-corrected chi connectivity index (χ2v) is 6.42. The Labute approximate surface area is 140 Å². The number of hydrazone groups is 1. The molecule has 0 aliphatic rings. The molecule has 122 valence electrons. The zero-order valence-corrected chi connectivity index (χ0v) is 14.4. The number of aromatic nitrogens is 1. The van der Waals surface area contributed by atoms with Gasteiger partial charge in [0.2, 0.25) is 5.13 Å². The number of rotatable bonds is 7. The van der Waals surface area contributed by atoms with E-state index in [4.69, 9.17) is 4.74 Å². The lowest BCUT2D eigenvalue weighted by Gasteiger charge is -2.04. The van der Waals surface area contributed by atoms with Crippen LogP contribution in [0.4, 0.5) is 5.13 Å². The Morgan fingerprint density at radius 2 is 2.13 bits per heavy atom. The number of carbonyl (C=O) groups excluding carboxylic acids is 1. The standard InChI is InChI=1S/C17H21N3O2S/c1-4-22-16(21)9-15-11-18-17(23-15)20-19-10-13-5-7-14(8-6-13)12(2)3/h5-8,10-12H,4,9H2,1-3H3,(H,18,20)/b19-10+. The molecule has 0 bridgehead atoms. The number of anilines is 1. The van der Waals surface area contributed by atoms with E-state index in [1.807, 2.05) is 12.1 Å². The molecular formula is C17H21N3O2S. The number of ether oxygens (including phenoxy) is 1. The average molecular weight is 331 g/mol. The van der Waals surface area contributed by atoms with Crippen molar-refractivity contribution in [3.05, 3.63) is 46.5 Å². The van der Waals surface area contributed by atoms with Gasteiger partial charge in [-0.25, -0.2) is 4.98 Å². The molecule has 5 nitrogen and oxygen atoms in total. The molecular weight excluding hydrogens is 310 g/mol. The molecule has 0 radical (unpaired) electrons. The molecule has 1 aromatic heterocycles. The number of thiazole rings is 1. The molecule has 0 amide bonds. The molecule has 6 heteroatoms. The van der Waals surface area contributed by atoms with E-state index in [0.717, 1.165) is 10.4 Å². The van der Waals surface area contributed by atoms with E-state index >= 15 is 0 Å². The Kier molecular flexibility index (Phi) is 6.29. The second-order valence-electron chi connectivity index (χ2n) is 5.30. The smallest absolute Gasteiger partial charge is 0.311 e. The number of hydrogen-bond acceptors (Lipinski definition) is 6. The first kappa shape index (κ1) is 17.1. The molecule has 1 heterocycles. The predicted molar refractivity (Wildman–Crippen MR) is 94.2 cm³/mol. The van der Waals surface area contributed by atoms with Crippen LogP contribution in [0.25, 0.3) is 0 Å². The average Bonchev–Trinajstić information content (AvgIpc) is 2.95. The van der Waals surface area contributed by atoms with E-state index in [2.05, 4.69) is 41.5 Å². The summed E-state index contributed by atoms with van der Waals surface area (Å²) in [7, 11) is 0. The van der Waals surface area contributed by atoms with Crippen LogP contribution in [0.3, 0.4) is 0 Å². The van der Waals surface area contributed by atoms with Crippen LogP contribution in [0, 0.1) is 0 Å². The van der Waals surface area contributed by atoms with E-state index in [9.17, 15) is 4.79 Å². The zero-order valence-electron chi connectivity index (χ0n) is 13.6. The maximum atomic E-state index is 11.4. The van der Waals surface area contributed by atoms with E-state index in [-0.39, 0.29) is 12.4 Å². The summed E-state index contributed by atoms with van der Waals surface area (Å²) < 4.78 is 4.91. The van der Waals surface area contributed by atoms with Crippen LogP contribution in [-0.4, -0.2) is 23.8 Å². The van der Waals surface area contributed by atoms with Gasteiger partial charge in [0.1, 0.15) is 0 Å². The third-order valence-electron chi connectivity index (χ3n) is 3.15. The summed E-state index contributed by atoms with van der Waals surface area (Å²) in [6.45, 7) is 6.52. The molecule has 2 aromatic rings. The molecule has 23 heavy (non-hydrogen) atoms. The van der Waals surface area contributed by atoms with Crippen LogP contribution in [0.15, 0.2) is 35.6 Å². The van der Waals surface area contributed by atoms with E-state index in [1.54, 1.807) is 19.3 Å². The lowest BCUT2D eigenvalue weighted by molar-refractivity contribution is -0.142. The first-order valence-electron chi connectivity index (χ1n) is 7.58. The first-order chi connectivity index (χ1) is 11.1. The quantitative estimate of drug-likeness (QED) is 0.476. The highest BCUT2D eigenvalue weighted by atomic mass is 32.1. The van der Waals surface area contributed by atoms with Crippen molar-refractivity contribution in [1.82, 2.24) is 4.98 Å². The number of esters is 1. The Balaban J connectivity index is 1.88. The third-order valence-corrected chi connectivity index (χ3v) is 4.06. The lowest BCUT2D eigenvalue weighted by Crippen LogP contribution is -2.06. The monoisotopic (exact) mass is 331 g/mol. The number of nitrogens with one attached hydrogen (secondary N) is 1. The van der Waals surface area contributed by atoms with Gasteiger partial charge in [-0.2, -0.15) is 5.10 Å². The summed E-state index contributed by atoms with van der Waals surface area (Å²) in [6.07, 6.45) is 3.65. The topological polar surface area (TPSA) is 63.6 Å². The van der Waals surface area contributed by atoms with Crippen molar-refractivity contribution in [2.24, 2.45) is 5.10 Å². The largest absolute Gasteiger partial charge is 0.466 e. The number of benzene rings is 1. The van der Waals surface area contributed by atoms with Crippen LogP contribution in [0.5, 0.6) is 0 Å². The summed E-state index contributed by atoms with van der Waals surface area (Å²) in [4.78, 5) is 16.4. The Morgan fingerprint density at radius 1 is 1.39 bits per heavy atom. The van der Waals surface area contributed by atoms with Crippen molar-refractivity contribution >= 4 is 28.7 Å². The first-order valence-corrected chi connectivity index (χ1v) is 8.39. The zero-order chi connectivity index (χ0) is 16.7. The van der Waals surface area contributed by atoms with Gasteiger partial charge in [0.15, 0.2) is 0 Å². The Bertz CT molecular complexity index is 663. The highest BCUT2D eigenvalue weighted by Gasteiger charge is 2.07. The Hall–Kier alpha value is -2.21. The van der Waals surface area contributed by atoms with Crippen LogP contribution in [0.1, 0.15) is 42.7 Å². The van der Waals surface area contributed by atoms with Gasteiger partial charge in [-0.15, -0.1) is 0 Å². The molecule has 1 aromatic carbocycles. The normalized spacial score (nSPS) is 11.1. The fraction of sp³-hybridized carbons (Fsp3) is 0.353. The summed E-state index contributed by atoms with van der Waals surface area (Å²) in [6, 6.07) is 8.28. The van der Waals surface area contributed by atoms with Crippen LogP contribution in [-0.2, 0) is 16.0 Å². The van der Waals surface area contributed by atoms with Gasteiger partial charge >= 0.3 is 5.97 Å². The molecule has 0 unspecified atom stereocenters. The molecule has 0 saturated carbocycles. The van der Waals surface area contributed by atoms with Gasteiger partial charge in [-0.05, 0) is 24.0 Å². The predicted octanol–water partition coefficient (Wildman–Crippen LogP) is 3.82. The molecule has 0 fully saturated rings. The van der Waals surface area contributed by atoms with Gasteiger partial charge in [0, 0.05) is 11.1 Å². The van der Waals surface area contributed by atoms with Gasteiger partial charge in [-0.1, -0.05) is 49.4 Å². The van der Waals surface area contributed by atoms with Gasteiger partial charge < -0.3 is 4.74 Å². The summed E-state index contributed by atoms with van der Waals surface area (Å²) in [5.74, 6) is 0.281. The molecule has 2 rings (SSSR count). The van der Waals surface area contributed by atoms with Crippen LogP contribution in [0.2, 0.25) is 0 Å². The maximum Gasteiger partial charge on any atom is 0.311 e. The minimum Gasteiger partial charge on any atom is -0.466 e. The molecule has 0 spiro atoms. The Morgan fingerprint density at radius 3 is 2.78 bits per heavy atom. The van der Waals surface area contributed by atoms with E-state index < -0.39 is 0 Å². The summed E-state index contributed by atoms with van der Waals surface area (Å²) >= 11 is 1.39. The minimum absolute atomic E-state index is 0.239. The van der Waals surface area contributed by atoms with Crippen molar-refractivity contribution in [3.63, 3.8) is 0 Å². The van der Waals surface area contributed by atoms with E-state index in [0.29, 0.717) is 17.7 Å². The molecule has 0 saturated heterocycles. The minimum atomic E-state index is -0.239. The lowest BCUT2D eigenvalue weighted by atomic mass is 10.0. The molecule has 0 aliphatic heterocycles. The van der Waals surface area contributed by atoms with Crippen LogP contribution < -0.4 is 5.43 Å². The van der Waals surface area contributed by atoms with Crippen LogP contribution >= 0.6 is 11.3 Å². The number of nitrogens with zero attached hydrogens (tertiary/aromatic N) is 2. The number of carbonyl (C=O) groups is 1. The molecule has 0 atom stereocenters. The van der Waals surface area contributed by atoms with Gasteiger partial charge in [0.05, 0.1) is 19.2 Å². The van der Waals surface area contributed by atoms with Crippen molar-refractivity contribution in [1.29, 1.82) is 0 Å². The number of hydrogen-bond donors (Lipinski definition) is 1. The van der Waals surface area contributed by atoms with Crippen molar-refractivity contribution in [3.8, 4) is 0 Å². The van der Waals surface area contributed by atoms with Crippen molar-refractivity contribution in [2.75, 3.05) is 12.0 Å². The second kappa shape index (κ2) is 8.43. The summed E-state index contributed by atoms with van der Waals surface area (Å²) in [5, 5.41) is 4.82. The summed E-state index contributed by atoms with van der Waals surface area (Å²) in [5.41, 5.74) is 5.20. The third kappa shape index (κ3) is 5.49. The SMILES string of the molecule is CCOC(=O)Cc1cnc(N/N=C/c2ccc(C(C)C)cc2)s1. The highest BCUT2D eigenvalue weighted by Crippen LogP contribution is 2.19. The van der Waals surface area contributed by atoms with Crippen molar-refractivity contribution < 1.29 is 9.53 Å². The molecule has 1 N–H and O–H groups in total. The van der Waals surface area contributed by atoms with Crippen molar-refractivity contribution in [2.45, 2.75) is 33.1 Å². The van der Waals surface area contributed by atoms with Gasteiger partial charge in [-0.3, -0.25) is 10.2 Å². The fourth-order valence-electron chi connectivity index (χ4n) is 1.92. The van der Waals surface area contributed by atoms with Gasteiger partial charge in [0.25, 0.3) is 0 Å². The molecule has 0 aliphatic carbocycles. The fourth-order valence-corrected chi connectivity index (χ4v) is 2.67.